The predicted octanol–water partition coefficient (Wildman–Crippen LogP) is 25.4. The SMILES string of the molecule is C=C/C=C(\C=C/CC(C)c1c(C=C)sc2cc3c4c(cccc4c12)-c1c-3c(-c2ccccc2)c2ccccc2c1C1=CC=CC1)P(C1=CC=C(C2=CCC=C2)C1)c1ccc(C2C=CC=C2)cc1.C=CC.C=CC=C.CC.CC.CC.CC. The van der Waals surface area contributed by atoms with Gasteiger partial charge in [-0.3, -0.25) is 0 Å². The third-order valence-electron chi connectivity index (χ3n) is 14.5. The summed E-state index contributed by atoms with van der Waals surface area (Å²) in [5, 5.41) is 10.9. The maximum absolute atomic E-state index is 4.42. The van der Waals surface area contributed by atoms with Crippen LogP contribution in [0.5, 0.6) is 0 Å². The molecule has 0 saturated heterocycles. The molecule has 1 aromatic heterocycles. The van der Waals surface area contributed by atoms with E-state index in [2.05, 4.69) is 240 Å². The predicted molar refractivity (Wildman–Crippen MR) is 377 cm³/mol. The quantitative estimate of drug-likeness (QED) is 0.0578. The van der Waals surface area contributed by atoms with Crippen LogP contribution in [0.15, 0.2) is 273 Å². The lowest BCUT2D eigenvalue weighted by molar-refractivity contribution is 0.790. The van der Waals surface area contributed by atoms with Crippen LogP contribution in [0.1, 0.15) is 128 Å². The molecular weight excluding hydrogens is 1020 g/mol. The number of rotatable bonds is 14. The summed E-state index contributed by atoms with van der Waals surface area (Å²) >= 11 is 1.90. The van der Waals surface area contributed by atoms with Gasteiger partial charge in [-0.25, -0.2) is 0 Å². The fraction of sp³-hybridized carbons (Fsp3) is 0.200. The molecule has 0 spiro atoms. The Morgan fingerprint density at radius 2 is 1.29 bits per heavy atom. The van der Waals surface area contributed by atoms with Gasteiger partial charge >= 0.3 is 0 Å². The minimum atomic E-state index is -0.787. The van der Waals surface area contributed by atoms with Crippen molar-refractivity contribution in [3.63, 3.8) is 0 Å². The first kappa shape index (κ1) is 63.5. The van der Waals surface area contributed by atoms with Crippen LogP contribution >= 0.6 is 19.3 Å². The highest BCUT2D eigenvalue weighted by Gasteiger charge is 2.33. The monoisotopic (exact) mass is 1110 g/mol. The second-order valence-corrected chi connectivity index (χ2v) is 22.5. The highest BCUT2D eigenvalue weighted by atomic mass is 32.1. The summed E-state index contributed by atoms with van der Waals surface area (Å²) in [6.07, 6.45) is 47.5. The number of hydrogen-bond acceptors (Lipinski definition) is 1. The fourth-order valence-electron chi connectivity index (χ4n) is 11.4. The molecule has 2 unspecified atom stereocenters. The number of allylic oxidation sites excluding steroid dienone is 24. The summed E-state index contributed by atoms with van der Waals surface area (Å²) in [5.74, 6) is 0.605. The standard InChI is InChI=1S/C65H51PS.C4H6.C3H6.4C2H6/c1-4-19-49(66(51-39-36-48(40-51)44-23-11-12-24-44)50-37-34-45(35-38-50)43-21-9-10-22-43)29-17-20-42(3)59-57(5-2)67-58-41-56-62-54(63(58)59)32-18-33-55(62)64-60(47-27-13-14-28-47)52-30-15-16-31-53(52)61(65(56)64)46-25-7-6-8-26-46;1-3-4-2;1-3-2;4*1-2/h4-11,13-19,21-27,29-39,41-43H,1-2,12,20,28,40H2,3H3;3-4H,1-2H2;3H,1H2,2H3;4*1-2H3/b29-17-,49-19+;;;;;;. The van der Waals surface area contributed by atoms with Gasteiger partial charge in [-0.1, -0.05) is 307 Å². The zero-order chi connectivity index (χ0) is 59.1. The van der Waals surface area contributed by atoms with Crippen LogP contribution in [-0.2, 0) is 0 Å². The van der Waals surface area contributed by atoms with Gasteiger partial charge in [0.15, 0.2) is 0 Å². The van der Waals surface area contributed by atoms with Crippen LogP contribution in [0.4, 0.5) is 0 Å². The van der Waals surface area contributed by atoms with Crippen molar-refractivity contribution >= 4 is 67.8 Å². The van der Waals surface area contributed by atoms with Gasteiger partial charge in [-0.2, -0.15) is 0 Å². The van der Waals surface area contributed by atoms with Gasteiger partial charge in [-0.05, 0) is 157 Å². The zero-order valence-electron chi connectivity index (χ0n) is 50.7. The highest BCUT2D eigenvalue weighted by molar-refractivity contribution is 7.73. The Balaban J connectivity index is 0.000000660. The van der Waals surface area contributed by atoms with E-state index >= 15 is 0 Å². The first-order chi connectivity index (χ1) is 40.4. The topological polar surface area (TPSA) is 0 Å². The lowest BCUT2D eigenvalue weighted by atomic mass is 9.82. The van der Waals surface area contributed by atoms with E-state index in [1.54, 1.807) is 18.2 Å². The molecule has 82 heavy (non-hydrogen) atoms. The molecule has 0 nitrogen and oxygen atoms in total. The van der Waals surface area contributed by atoms with Gasteiger partial charge in [0, 0.05) is 20.9 Å². The van der Waals surface area contributed by atoms with Gasteiger partial charge in [-0.15, -0.1) is 17.9 Å². The first-order valence-electron chi connectivity index (χ1n) is 29.9. The van der Waals surface area contributed by atoms with Crippen molar-refractivity contribution in [1.29, 1.82) is 0 Å². The lowest BCUT2D eigenvalue weighted by Crippen LogP contribution is -2.05. The number of thiophene rings is 1. The molecule has 5 aliphatic rings. The van der Waals surface area contributed by atoms with Gasteiger partial charge in [0.2, 0.25) is 0 Å². The van der Waals surface area contributed by atoms with Crippen molar-refractivity contribution < 1.29 is 0 Å². The molecule has 0 fully saturated rings. The Labute approximate surface area is 499 Å². The molecule has 7 aromatic rings. The smallest absolute Gasteiger partial charge is 0.0364 e. The van der Waals surface area contributed by atoms with E-state index in [0.29, 0.717) is 5.92 Å². The summed E-state index contributed by atoms with van der Waals surface area (Å²) in [5.41, 5.74) is 16.3. The van der Waals surface area contributed by atoms with Crippen LogP contribution in [0, 0.1) is 0 Å². The summed E-state index contributed by atoms with van der Waals surface area (Å²) in [6.45, 7) is 39.0. The fourth-order valence-corrected chi connectivity index (χ4v) is 15.1. The van der Waals surface area contributed by atoms with Crippen molar-refractivity contribution in [2.24, 2.45) is 0 Å². The molecule has 2 heteroatoms. The number of fused-ring (bicyclic) bond motifs is 6. The largest absolute Gasteiger partial charge is 0.136 e. The second-order valence-electron chi connectivity index (χ2n) is 19.1. The molecule has 0 aliphatic heterocycles. The van der Waals surface area contributed by atoms with Crippen LogP contribution in [0.2, 0.25) is 0 Å². The van der Waals surface area contributed by atoms with Crippen molar-refractivity contribution in [3.8, 4) is 33.4 Å². The summed E-state index contributed by atoms with van der Waals surface area (Å²) < 4.78 is 1.33. The van der Waals surface area contributed by atoms with Crippen LogP contribution in [-0.4, -0.2) is 0 Å². The van der Waals surface area contributed by atoms with E-state index in [0.717, 1.165) is 25.7 Å². The molecule has 6 aromatic carbocycles. The molecule has 0 N–H and O–H groups in total. The number of benzene rings is 6. The van der Waals surface area contributed by atoms with Crippen LogP contribution in [0.25, 0.3) is 76.7 Å². The van der Waals surface area contributed by atoms with E-state index in [1.165, 1.54) is 119 Å². The molecular formula is C80H87PS. The first-order valence-corrected chi connectivity index (χ1v) is 32.1. The summed E-state index contributed by atoms with van der Waals surface area (Å²) in [6, 6.07) is 39.2. The molecule has 418 valence electrons. The lowest BCUT2D eigenvalue weighted by Gasteiger charge is -2.23. The second kappa shape index (κ2) is 32.1. The van der Waals surface area contributed by atoms with Crippen LogP contribution in [0.3, 0.4) is 0 Å². The Morgan fingerprint density at radius 1 is 0.646 bits per heavy atom. The molecule has 0 radical (unpaired) electrons. The minimum absolute atomic E-state index is 0.259. The van der Waals surface area contributed by atoms with E-state index in [1.807, 2.05) is 79.7 Å². The maximum Gasteiger partial charge on any atom is 0.0364 e. The third kappa shape index (κ3) is 13.5. The molecule has 5 aliphatic carbocycles. The maximum atomic E-state index is 4.42. The molecule has 12 rings (SSSR count). The Bertz CT molecular complexity index is 3690. The zero-order valence-corrected chi connectivity index (χ0v) is 52.4. The van der Waals surface area contributed by atoms with E-state index < -0.39 is 7.92 Å². The van der Waals surface area contributed by atoms with E-state index in [4.69, 9.17) is 0 Å². The normalized spacial score (nSPS) is 14.6. The van der Waals surface area contributed by atoms with Crippen LogP contribution < -0.4 is 5.30 Å². The van der Waals surface area contributed by atoms with Gasteiger partial charge < -0.3 is 0 Å². The third-order valence-corrected chi connectivity index (χ3v) is 18.2. The van der Waals surface area contributed by atoms with E-state index in [9.17, 15) is 0 Å². The number of hydrogen-bond donors (Lipinski definition) is 0. The summed E-state index contributed by atoms with van der Waals surface area (Å²) in [7, 11) is -0.787. The Morgan fingerprint density at radius 3 is 1.90 bits per heavy atom. The molecule has 0 saturated carbocycles. The average molecular weight is 1110 g/mol. The molecule has 0 bridgehead atoms. The minimum Gasteiger partial charge on any atom is -0.136 e. The summed E-state index contributed by atoms with van der Waals surface area (Å²) in [4.78, 5) is 1.27. The molecule has 1 heterocycles. The van der Waals surface area contributed by atoms with Crippen molar-refractivity contribution in [1.82, 2.24) is 0 Å². The Hall–Kier alpha value is -7.67. The van der Waals surface area contributed by atoms with Gasteiger partial charge in [0.1, 0.15) is 0 Å². The Kier molecular flexibility index (Phi) is 24.9. The van der Waals surface area contributed by atoms with Gasteiger partial charge in [0.05, 0.1) is 0 Å². The van der Waals surface area contributed by atoms with E-state index in [-0.39, 0.29) is 5.92 Å². The van der Waals surface area contributed by atoms with Crippen molar-refractivity contribution in [3.05, 3.63) is 295 Å². The van der Waals surface area contributed by atoms with Gasteiger partial charge in [0.25, 0.3) is 0 Å². The molecule has 2 atom stereocenters. The highest BCUT2D eigenvalue weighted by Crippen LogP contribution is 2.60. The van der Waals surface area contributed by atoms with Crippen molar-refractivity contribution in [2.45, 2.75) is 107 Å². The molecule has 0 amide bonds. The average Bonchev–Trinajstić information content (AvgIpc) is 2.92. The van der Waals surface area contributed by atoms with Crippen molar-refractivity contribution in [2.75, 3.05) is 0 Å².